The molecule has 4 fully saturated rings. The van der Waals surface area contributed by atoms with E-state index in [0.717, 1.165) is 74.2 Å². The second kappa shape index (κ2) is 35.5. The number of carbonyl (C=O) groups is 4. The van der Waals surface area contributed by atoms with E-state index in [2.05, 4.69) is 25.8 Å². The summed E-state index contributed by atoms with van der Waals surface area (Å²) in [5.41, 5.74) is 0.220. The summed E-state index contributed by atoms with van der Waals surface area (Å²) in [6, 6.07) is 30.0. The maximum atomic E-state index is 15.0. The SMILES string of the molecule is Cc1cccc(F)c1C(=O)N1CCC[C@H](C(=O)Nc2ccc(CO)c(C(F)(F)F)c2)[C@@H]1c1ccc(NC2CCCC2)cc1.Cc1cccc(F)c1C(=O)N1CCC[C@H](C(=O)Nc2ccc(COP(=O)([O-])[O-])c(C(F)(F)F)c2)[C@@H]1c1ccc(NC2CCCC2)cc1.N#CCO.[Na+].[Na+]. The third-order valence-corrected chi connectivity index (χ3v) is 17.7. The molecule has 28 heteroatoms. The Balaban J connectivity index is 0.000000283. The molecule has 2 aliphatic heterocycles. The van der Waals surface area contributed by atoms with E-state index < -0.39 is 109 Å². The fourth-order valence-corrected chi connectivity index (χ4v) is 13.1. The van der Waals surface area contributed by atoms with Gasteiger partial charge in [0.1, 0.15) is 18.2 Å². The van der Waals surface area contributed by atoms with Crippen molar-refractivity contribution in [2.75, 3.05) is 41.0 Å². The molecule has 10 rings (SSSR count). The molecule has 2 saturated carbocycles. The van der Waals surface area contributed by atoms with Crippen LogP contribution in [0.25, 0.3) is 0 Å². The zero-order valence-corrected chi connectivity index (χ0v) is 58.4. The number of nitrogens with one attached hydrogen (secondary N) is 4. The largest absolute Gasteiger partial charge is 1.00 e. The molecule has 4 atom stereocenters. The van der Waals surface area contributed by atoms with Gasteiger partial charge < -0.3 is 60.2 Å². The smallest absolute Gasteiger partial charge is 0.790 e. The number of alkyl halides is 6. The van der Waals surface area contributed by atoms with Gasteiger partial charge in [0.15, 0.2) is 0 Å². The molecule has 6 N–H and O–H groups in total. The van der Waals surface area contributed by atoms with Crippen molar-refractivity contribution in [3.05, 3.63) is 189 Å². The van der Waals surface area contributed by atoms with E-state index in [1.54, 1.807) is 38.1 Å². The van der Waals surface area contributed by atoms with Gasteiger partial charge in [0.25, 0.3) is 11.8 Å². The number of carbonyl (C=O) groups excluding carboxylic acids is 4. The Morgan fingerprint density at radius 2 is 0.938 bits per heavy atom. The van der Waals surface area contributed by atoms with Crippen molar-refractivity contribution < 1.29 is 143 Å². The average Bonchev–Trinajstić information content (AvgIpc) is 0.862. The first-order valence-electron chi connectivity index (χ1n) is 30.8. The van der Waals surface area contributed by atoms with Crippen molar-refractivity contribution in [2.45, 2.75) is 141 Å². The van der Waals surface area contributed by atoms with Gasteiger partial charge in [0, 0.05) is 47.9 Å². The Kier molecular flexibility index (Phi) is 29.1. The number of benzene rings is 6. The van der Waals surface area contributed by atoms with Gasteiger partial charge in [-0.05, 0) is 159 Å². The number of halogens is 8. The van der Waals surface area contributed by atoms with Crippen LogP contribution >= 0.6 is 7.82 Å². The van der Waals surface area contributed by atoms with Crippen LogP contribution < -0.4 is 90.2 Å². The van der Waals surface area contributed by atoms with Crippen LogP contribution in [-0.2, 0) is 44.2 Å². The Bertz CT molecular complexity index is 3700. The van der Waals surface area contributed by atoms with E-state index in [1.165, 1.54) is 59.0 Å². The number of anilines is 4. The van der Waals surface area contributed by atoms with Crippen LogP contribution in [0.1, 0.15) is 154 Å². The van der Waals surface area contributed by atoms with Crippen molar-refractivity contribution in [1.82, 2.24) is 9.80 Å². The number of rotatable bonds is 16. The molecule has 0 aromatic heterocycles. The Morgan fingerprint density at radius 1 is 0.573 bits per heavy atom. The molecule has 0 bridgehead atoms. The fourth-order valence-electron chi connectivity index (χ4n) is 12.8. The summed E-state index contributed by atoms with van der Waals surface area (Å²) in [6.07, 6.45) is 0.738. The molecular weight excluding hydrogens is 1300 g/mol. The van der Waals surface area contributed by atoms with Crippen molar-refractivity contribution in [2.24, 2.45) is 11.8 Å². The van der Waals surface area contributed by atoms with E-state index in [1.807, 2.05) is 36.4 Å². The van der Waals surface area contributed by atoms with E-state index in [9.17, 15) is 73.8 Å². The van der Waals surface area contributed by atoms with Crippen LogP contribution in [-0.4, -0.2) is 75.4 Å². The molecule has 0 spiro atoms. The standard InChI is InChI=1S/C33H36F4N3O6P.C33H35F4N3O3.C2H3NO.2Na/c1-20-6-4-10-28(34)29(20)32(42)40-17-5-9-26(30(40)21-11-14-24(15-12-21)38-23-7-2-3-8-23)31(41)39-25-16-13-22(19-46-47(43,44)45)27(18-25)33(35,36)37;1-20-6-4-10-28(34)29(20)32(43)40-17-5-9-26(30(40)21-11-14-24(15-12-21)38-23-7-2-3-8-23)31(42)39-25-16-13-22(19-41)27(18-25)33(35,36)37;3-1-2-4;;/h4,6,10-16,18,23,26,30,38H,2-3,5,7-9,17,19H2,1H3,(H,39,41)(H2,43,44,45);4,6,10-16,18,23,26,30,38,41H,2-3,5,7-9,17,19H2,1H3,(H,39,42);4H,2H2;;/q;;;2*+1/p-2/t2*26-,30-;;;/m00.../s1. The summed E-state index contributed by atoms with van der Waals surface area (Å²) in [7, 11) is -5.54. The molecule has 2 saturated heterocycles. The molecule has 4 aliphatic rings. The molecule has 4 amide bonds. The summed E-state index contributed by atoms with van der Waals surface area (Å²) in [5.74, 6) is -5.45. The summed E-state index contributed by atoms with van der Waals surface area (Å²) in [6.45, 7) is 1.47. The van der Waals surface area contributed by atoms with Crippen LogP contribution in [0, 0.1) is 48.6 Å². The first-order chi connectivity index (χ1) is 44.7. The maximum Gasteiger partial charge on any atom is 1.00 e. The molecule has 0 radical (unpaired) electrons. The second-order valence-electron chi connectivity index (χ2n) is 23.7. The quantitative estimate of drug-likeness (QED) is 0.0252. The van der Waals surface area contributed by atoms with Crippen LogP contribution in [0.3, 0.4) is 0 Å². The number of phosphoric ester groups is 1. The Labute approximate surface area is 595 Å². The maximum absolute atomic E-state index is 15.0. The number of aliphatic hydroxyl groups excluding tert-OH is 2. The molecular formula is C68H72F8N7Na2O10P. The number of piperidine rings is 2. The predicted octanol–water partition coefficient (Wildman–Crippen LogP) is 6.83. The van der Waals surface area contributed by atoms with Crippen molar-refractivity contribution >= 4 is 54.2 Å². The number of aliphatic hydroxyl groups is 2. The van der Waals surface area contributed by atoms with E-state index in [-0.39, 0.29) is 107 Å². The van der Waals surface area contributed by atoms with Crippen LogP contribution in [0.5, 0.6) is 0 Å². The van der Waals surface area contributed by atoms with E-state index in [4.69, 9.17) is 10.4 Å². The normalized spacial score (nSPS) is 18.2. The predicted molar refractivity (Wildman–Crippen MR) is 331 cm³/mol. The van der Waals surface area contributed by atoms with Gasteiger partial charge in [-0.15, -0.1) is 0 Å². The molecule has 96 heavy (non-hydrogen) atoms. The van der Waals surface area contributed by atoms with E-state index >= 15 is 0 Å². The third-order valence-electron chi connectivity index (χ3n) is 17.3. The number of hydrogen-bond donors (Lipinski definition) is 6. The summed E-state index contributed by atoms with van der Waals surface area (Å²) < 4.78 is 127. The minimum atomic E-state index is -5.54. The zero-order valence-electron chi connectivity index (χ0n) is 53.5. The van der Waals surface area contributed by atoms with Crippen molar-refractivity contribution in [3.8, 4) is 6.07 Å². The second-order valence-corrected chi connectivity index (χ2v) is 24.8. The van der Waals surface area contributed by atoms with Gasteiger partial charge in [-0.3, -0.25) is 19.2 Å². The van der Waals surface area contributed by atoms with Gasteiger partial charge in [0.05, 0.1) is 73.3 Å². The van der Waals surface area contributed by atoms with E-state index in [0.29, 0.717) is 66.1 Å². The Hall–Kier alpha value is -6.24. The van der Waals surface area contributed by atoms with Gasteiger partial charge in [-0.1, -0.05) is 86.3 Å². The summed E-state index contributed by atoms with van der Waals surface area (Å²) in [4.78, 5) is 80.0. The number of hydrogen-bond acceptors (Lipinski definition) is 13. The number of likely N-dealkylation sites (tertiary alicyclic amines) is 2. The minimum Gasteiger partial charge on any atom is -0.790 e. The fraction of sp³-hybridized carbons (Fsp3) is 0.397. The average molecular weight is 1380 g/mol. The number of aryl methyl sites for hydroxylation is 2. The van der Waals surface area contributed by atoms with Crippen molar-refractivity contribution in [1.29, 1.82) is 5.26 Å². The van der Waals surface area contributed by atoms with Gasteiger partial charge >= 0.3 is 71.5 Å². The van der Waals surface area contributed by atoms with Crippen LogP contribution in [0.4, 0.5) is 57.9 Å². The summed E-state index contributed by atoms with van der Waals surface area (Å²) >= 11 is 0. The van der Waals surface area contributed by atoms with Gasteiger partial charge in [-0.25, -0.2) is 8.78 Å². The molecule has 6 aromatic rings. The molecule has 502 valence electrons. The van der Waals surface area contributed by atoms with Crippen LogP contribution in [0.15, 0.2) is 121 Å². The molecule has 17 nitrogen and oxygen atoms in total. The number of amides is 4. The van der Waals surface area contributed by atoms with Gasteiger partial charge in [-0.2, -0.15) is 31.6 Å². The van der Waals surface area contributed by atoms with Gasteiger partial charge in [0.2, 0.25) is 11.8 Å². The number of nitrogens with zero attached hydrogens (tertiary/aromatic N) is 3. The number of phosphoric acid groups is 1. The van der Waals surface area contributed by atoms with Crippen molar-refractivity contribution in [3.63, 3.8) is 0 Å². The first-order valence-corrected chi connectivity index (χ1v) is 32.3. The molecule has 0 unspecified atom stereocenters. The minimum absolute atomic E-state index is 0. The molecule has 6 aromatic carbocycles. The Morgan fingerprint density at radius 3 is 1.28 bits per heavy atom. The van der Waals surface area contributed by atoms with Crippen LogP contribution in [0.2, 0.25) is 0 Å². The third kappa shape index (κ3) is 20.7. The monoisotopic (exact) mass is 1380 g/mol. The topological polar surface area (TPSA) is 260 Å². The molecule has 2 heterocycles. The number of nitriles is 1. The summed E-state index contributed by atoms with van der Waals surface area (Å²) in [5, 5.41) is 36.4. The molecule has 2 aliphatic carbocycles. The zero-order chi connectivity index (χ0) is 68.1. The first kappa shape index (κ1) is 78.8.